The molecule has 0 aliphatic carbocycles. The molecule has 0 unspecified atom stereocenters. The Balaban J connectivity index is 0.000000537. The van der Waals surface area contributed by atoms with Gasteiger partial charge in [0.25, 0.3) is 11.8 Å². The maximum atomic E-state index is 11.0. The quantitative estimate of drug-likeness (QED) is 0.224. The molecule has 9 heteroatoms. The first-order valence-corrected chi connectivity index (χ1v) is 11.5. The summed E-state index contributed by atoms with van der Waals surface area (Å²) in [7, 11) is -3.98. The Morgan fingerprint density at radius 3 is 1.93 bits per heavy atom. The third-order valence-corrected chi connectivity index (χ3v) is 5.08. The summed E-state index contributed by atoms with van der Waals surface area (Å²) in [6.45, 7) is 2.21. The van der Waals surface area contributed by atoms with Crippen molar-refractivity contribution < 1.29 is 56.5 Å². The minimum atomic E-state index is -3.98. The zero-order chi connectivity index (χ0) is 20.8. The van der Waals surface area contributed by atoms with E-state index in [1.807, 2.05) is 0 Å². The van der Waals surface area contributed by atoms with Crippen molar-refractivity contribution in [3.63, 3.8) is 0 Å². The monoisotopic (exact) mass is 435 g/mol. The molecule has 1 aromatic heterocycles. The third-order valence-electron chi connectivity index (χ3n) is 4.29. The number of nitrogens with one attached hydrogen (secondary N) is 1. The summed E-state index contributed by atoms with van der Waals surface area (Å²) in [5.74, 6) is -0.580. The predicted octanol–water partition coefficient (Wildman–Crippen LogP) is 0.776. The number of carbonyl (C=O) groups is 2. The van der Waals surface area contributed by atoms with Crippen LogP contribution in [0.25, 0.3) is 5.57 Å². The van der Waals surface area contributed by atoms with Crippen molar-refractivity contribution in [2.75, 3.05) is 5.75 Å². The second-order valence-corrected chi connectivity index (χ2v) is 8.32. The smallest absolute Gasteiger partial charge is 0.748 e. The van der Waals surface area contributed by atoms with Crippen LogP contribution < -0.4 is 34.9 Å². The van der Waals surface area contributed by atoms with Crippen molar-refractivity contribution in [3.8, 4) is 0 Å². The molecular weight excluding hydrogens is 405 g/mol. The summed E-state index contributed by atoms with van der Waals surface area (Å²) < 4.78 is 35.9. The molecule has 0 saturated heterocycles. The molecule has 7 nitrogen and oxygen atoms in total. The zero-order valence-corrected chi connectivity index (χ0v) is 20.3. The molecule has 1 aromatic rings. The van der Waals surface area contributed by atoms with Crippen molar-refractivity contribution in [2.45, 2.75) is 71.1 Å². The van der Waals surface area contributed by atoms with Gasteiger partial charge in [0.1, 0.15) is 5.76 Å². The molecular formula is C20H30NNaO6S. The van der Waals surface area contributed by atoms with E-state index < -0.39 is 21.9 Å². The average molecular weight is 436 g/mol. The predicted molar refractivity (Wildman–Crippen MR) is 106 cm³/mol. The van der Waals surface area contributed by atoms with Gasteiger partial charge >= 0.3 is 29.6 Å². The van der Waals surface area contributed by atoms with Crippen molar-refractivity contribution in [1.82, 2.24) is 5.32 Å². The molecule has 158 valence electrons. The fourth-order valence-corrected chi connectivity index (χ4v) is 3.35. The Labute approximate surface area is 195 Å². The number of unbranched alkanes of at least 4 members (excludes halogenated alkanes) is 9. The van der Waals surface area contributed by atoms with Crippen molar-refractivity contribution in [3.05, 3.63) is 30.2 Å². The molecule has 0 spiro atoms. The Morgan fingerprint density at radius 2 is 1.52 bits per heavy atom. The Morgan fingerprint density at radius 1 is 0.966 bits per heavy atom. The van der Waals surface area contributed by atoms with E-state index in [9.17, 15) is 22.6 Å². The molecule has 1 aliphatic heterocycles. The molecule has 0 atom stereocenters. The molecule has 0 saturated carbocycles. The minimum Gasteiger partial charge on any atom is -0.748 e. The topological polar surface area (TPSA) is 117 Å². The Hall–Kier alpha value is -0.930. The Kier molecular flexibility index (Phi) is 15.3. The van der Waals surface area contributed by atoms with E-state index in [-0.39, 0.29) is 40.9 Å². The molecule has 2 rings (SSSR count). The van der Waals surface area contributed by atoms with Crippen molar-refractivity contribution in [2.24, 2.45) is 0 Å². The van der Waals surface area contributed by atoms with Crippen LogP contribution in [0.4, 0.5) is 0 Å². The number of furan rings is 1. The van der Waals surface area contributed by atoms with Crippen molar-refractivity contribution in [1.29, 1.82) is 0 Å². The summed E-state index contributed by atoms with van der Waals surface area (Å²) in [5, 5.41) is 2.12. The van der Waals surface area contributed by atoms with Gasteiger partial charge in [0, 0.05) is 11.8 Å². The standard InChI is InChI=1S/C12H26O3S.C8H5NO3.Na/c1-2-3-4-5-6-7-8-9-10-11-12-16(13,14)15;10-7-4-5(8(11)9-7)6-2-1-3-12-6;/h2-12H2,1H3,(H,13,14,15);1-4H,(H,9,10,11);/q;;+1/p-1. The van der Waals surface area contributed by atoms with Crippen LogP contribution in [-0.4, -0.2) is 30.5 Å². The number of imide groups is 1. The normalized spacial score (nSPS) is 13.2. The SMILES string of the molecule is CCCCCCCCCCCCS(=O)(=O)[O-].O=C1C=C(c2ccco2)C(=O)N1.[Na+]. The van der Waals surface area contributed by atoms with Crippen LogP contribution in [-0.2, 0) is 19.7 Å². The van der Waals surface area contributed by atoms with Gasteiger partial charge in [-0.2, -0.15) is 0 Å². The van der Waals surface area contributed by atoms with E-state index >= 15 is 0 Å². The van der Waals surface area contributed by atoms with Gasteiger partial charge in [-0.15, -0.1) is 0 Å². The van der Waals surface area contributed by atoms with Gasteiger partial charge in [0.2, 0.25) is 0 Å². The molecule has 1 N–H and O–H groups in total. The summed E-state index contributed by atoms with van der Waals surface area (Å²) in [6, 6.07) is 3.29. The van der Waals surface area contributed by atoms with E-state index in [0.717, 1.165) is 12.8 Å². The van der Waals surface area contributed by atoms with Crippen LogP contribution in [0.15, 0.2) is 28.9 Å². The molecule has 0 aromatic carbocycles. The third kappa shape index (κ3) is 13.8. The fourth-order valence-electron chi connectivity index (χ4n) is 2.79. The summed E-state index contributed by atoms with van der Waals surface area (Å²) in [5.41, 5.74) is 0.282. The van der Waals surface area contributed by atoms with E-state index in [1.165, 1.54) is 57.3 Å². The van der Waals surface area contributed by atoms with Gasteiger partial charge < -0.3 is 8.97 Å². The van der Waals surface area contributed by atoms with Gasteiger partial charge in [-0.25, -0.2) is 8.42 Å². The van der Waals surface area contributed by atoms with Crippen LogP contribution >= 0.6 is 0 Å². The second-order valence-electron chi connectivity index (χ2n) is 6.80. The van der Waals surface area contributed by atoms with Crippen LogP contribution in [0.1, 0.15) is 76.9 Å². The molecule has 29 heavy (non-hydrogen) atoms. The number of hydrogen-bond acceptors (Lipinski definition) is 6. The van der Waals surface area contributed by atoms with E-state index in [4.69, 9.17) is 4.42 Å². The van der Waals surface area contributed by atoms with Crippen LogP contribution in [0.3, 0.4) is 0 Å². The Bertz CT molecular complexity index is 728. The molecule has 0 radical (unpaired) electrons. The molecule has 2 amide bonds. The maximum absolute atomic E-state index is 11.0. The molecule has 2 heterocycles. The largest absolute Gasteiger partial charge is 1.00 e. The summed E-state index contributed by atoms with van der Waals surface area (Å²) in [4.78, 5) is 21.7. The number of rotatable bonds is 12. The first-order chi connectivity index (χ1) is 13.3. The summed E-state index contributed by atoms with van der Waals surface area (Å²) >= 11 is 0. The van der Waals surface area contributed by atoms with Gasteiger partial charge in [-0.3, -0.25) is 14.9 Å². The van der Waals surface area contributed by atoms with Crippen molar-refractivity contribution >= 4 is 27.5 Å². The van der Waals surface area contributed by atoms with Gasteiger partial charge in [-0.05, 0) is 18.6 Å². The summed E-state index contributed by atoms with van der Waals surface area (Å²) in [6.07, 6.45) is 14.1. The first kappa shape index (κ1) is 28.1. The molecule has 1 aliphatic rings. The van der Waals surface area contributed by atoms with Crippen LogP contribution in [0, 0.1) is 0 Å². The second kappa shape index (κ2) is 15.8. The first-order valence-electron chi connectivity index (χ1n) is 9.88. The molecule has 0 fully saturated rings. The van der Waals surface area contributed by atoms with Gasteiger partial charge in [0.05, 0.1) is 22.0 Å². The number of hydrogen-bond donors (Lipinski definition) is 1. The van der Waals surface area contributed by atoms with Crippen LogP contribution in [0.2, 0.25) is 0 Å². The zero-order valence-electron chi connectivity index (χ0n) is 17.4. The maximum Gasteiger partial charge on any atom is 1.00 e. The minimum absolute atomic E-state index is 0. The van der Waals surface area contributed by atoms with Crippen LogP contribution in [0.5, 0.6) is 0 Å². The van der Waals surface area contributed by atoms with E-state index in [2.05, 4.69) is 12.2 Å². The number of amides is 2. The molecule has 0 bridgehead atoms. The average Bonchev–Trinajstić information content (AvgIpc) is 3.25. The van der Waals surface area contributed by atoms with E-state index in [1.54, 1.807) is 12.1 Å². The van der Waals surface area contributed by atoms with E-state index in [0.29, 0.717) is 12.2 Å². The fraction of sp³-hybridized carbons (Fsp3) is 0.600. The van der Waals surface area contributed by atoms with Gasteiger partial charge in [-0.1, -0.05) is 64.7 Å². The number of carbonyl (C=O) groups excluding carboxylic acids is 2. The van der Waals surface area contributed by atoms with Gasteiger partial charge in [0.15, 0.2) is 0 Å².